The maximum atomic E-state index is 5.63. The molecule has 0 bridgehead atoms. The molecule has 2 N–H and O–H groups in total. The average Bonchev–Trinajstić information content (AvgIpc) is 2.67. The Balaban J connectivity index is 2.35. The van der Waals surface area contributed by atoms with Crippen LogP contribution in [0.15, 0.2) is 30.6 Å². The lowest BCUT2D eigenvalue weighted by Crippen LogP contribution is -2.14. The van der Waals surface area contributed by atoms with Crippen molar-refractivity contribution in [2.75, 3.05) is 5.73 Å². The van der Waals surface area contributed by atoms with Crippen LogP contribution in [0, 0.1) is 0 Å². The van der Waals surface area contributed by atoms with Crippen LogP contribution in [-0.2, 0) is 5.41 Å². The Hall–Kier alpha value is -1.84. The van der Waals surface area contributed by atoms with E-state index in [-0.39, 0.29) is 5.41 Å². The van der Waals surface area contributed by atoms with Gasteiger partial charge in [-0.3, -0.25) is 0 Å². The molecule has 4 heteroatoms. The Kier molecular flexibility index (Phi) is 2.42. The van der Waals surface area contributed by atoms with Crippen molar-refractivity contribution in [3.63, 3.8) is 0 Å². The molecule has 0 amide bonds. The van der Waals surface area contributed by atoms with Crippen molar-refractivity contribution in [2.24, 2.45) is 0 Å². The van der Waals surface area contributed by atoms with Crippen LogP contribution >= 0.6 is 0 Å². The van der Waals surface area contributed by atoms with Crippen LogP contribution in [0.2, 0.25) is 0 Å². The Bertz CT molecular complexity index is 476. The van der Waals surface area contributed by atoms with Gasteiger partial charge in [-0.1, -0.05) is 20.8 Å². The lowest BCUT2D eigenvalue weighted by atomic mass is 9.96. The Morgan fingerprint density at radius 3 is 2.25 bits per heavy atom. The first-order chi connectivity index (χ1) is 7.47. The molecular weight excluding hydrogens is 200 g/mol. The molecule has 2 rings (SSSR count). The minimum Gasteiger partial charge on any atom is -0.399 e. The molecule has 0 aliphatic rings. The van der Waals surface area contributed by atoms with Crippen molar-refractivity contribution < 1.29 is 0 Å². The van der Waals surface area contributed by atoms with Gasteiger partial charge in [0.2, 0.25) is 0 Å². The molecule has 4 nitrogen and oxygen atoms in total. The molecule has 2 aromatic rings. The molecule has 0 radical (unpaired) electrons. The van der Waals surface area contributed by atoms with Crippen molar-refractivity contribution in [1.82, 2.24) is 14.8 Å². The van der Waals surface area contributed by atoms with Gasteiger partial charge in [-0.15, -0.1) is 0 Å². The van der Waals surface area contributed by atoms with Gasteiger partial charge >= 0.3 is 0 Å². The molecule has 84 valence electrons. The van der Waals surface area contributed by atoms with Crippen LogP contribution in [0.25, 0.3) is 5.69 Å². The molecule has 1 heterocycles. The zero-order valence-electron chi connectivity index (χ0n) is 9.81. The number of aromatic nitrogens is 3. The third-order valence-electron chi connectivity index (χ3n) is 2.32. The van der Waals surface area contributed by atoms with Gasteiger partial charge < -0.3 is 5.73 Å². The van der Waals surface area contributed by atoms with Crippen molar-refractivity contribution in [1.29, 1.82) is 0 Å². The zero-order valence-corrected chi connectivity index (χ0v) is 9.81. The second kappa shape index (κ2) is 3.63. The normalized spacial score (nSPS) is 11.7. The molecule has 0 spiro atoms. The molecule has 0 fully saturated rings. The monoisotopic (exact) mass is 216 g/mol. The topological polar surface area (TPSA) is 56.7 Å². The number of benzene rings is 1. The van der Waals surface area contributed by atoms with Crippen molar-refractivity contribution in [3.05, 3.63) is 36.4 Å². The molecule has 1 aromatic heterocycles. The molecule has 16 heavy (non-hydrogen) atoms. The largest absolute Gasteiger partial charge is 0.399 e. The molecule has 0 atom stereocenters. The van der Waals surface area contributed by atoms with E-state index in [1.807, 2.05) is 24.3 Å². The number of anilines is 1. The fourth-order valence-electron chi connectivity index (χ4n) is 1.36. The predicted octanol–water partition coefficient (Wildman–Crippen LogP) is 2.15. The Morgan fingerprint density at radius 1 is 1.12 bits per heavy atom. The smallest absolute Gasteiger partial charge is 0.156 e. The van der Waals surface area contributed by atoms with E-state index in [4.69, 9.17) is 5.73 Å². The summed E-state index contributed by atoms with van der Waals surface area (Å²) < 4.78 is 1.76. The molecular formula is C12H16N4. The van der Waals surface area contributed by atoms with Crippen LogP contribution in [0.1, 0.15) is 26.6 Å². The number of nitrogens with two attached hydrogens (primary N) is 1. The van der Waals surface area contributed by atoms with Crippen molar-refractivity contribution in [2.45, 2.75) is 26.2 Å². The summed E-state index contributed by atoms with van der Waals surface area (Å²) in [5.74, 6) is 0.837. The summed E-state index contributed by atoms with van der Waals surface area (Å²) in [6, 6.07) is 7.56. The van der Waals surface area contributed by atoms with Gasteiger partial charge in [0.05, 0.1) is 5.69 Å². The third-order valence-corrected chi connectivity index (χ3v) is 2.32. The molecule has 0 saturated carbocycles. The highest BCUT2D eigenvalue weighted by molar-refractivity contribution is 5.44. The van der Waals surface area contributed by atoms with Crippen LogP contribution in [0.5, 0.6) is 0 Å². The highest BCUT2D eigenvalue weighted by Crippen LogP contribution is 2.18. The van der Waals surface area contributed by atoms with E-state index in [2.05, 4.69) is 30.9 Å². The number of rotatable bonds is 1. The van der Waals surface area contributed by atoms with Gasteiger partial charge in [0.1, 0.15) is 6.33 Å². The second-order valence-corrected chi connectivity index (χ2v) is 4.85. The lowest BCUT2D eigenvalue weighted by Gasteiger charge is -2.12. The fourth-order valence-corrected chi connectivity index (χ4v) is 1.36. The van der Waals surface area contributed by atoms with Gasteiger partial charge in [0, 0.05) is 11.1 Å². The second-order valence-electron chi connectivity index (χ2n) is 4.85. The number of nitrogen functional groups attached to an aromatic ring is 1. The van der Waals surface area contributed by atoms with Gasteiger partial charge in [0.15, 0.2) is 5.82 Å². The first-order valence-electron chi connectivity index (χ1n) is 5.25. The summed E-state index contributed by atoms with van der Waals surface area (Å²) in [4.78, 5) is 4.31. The Morgan fingerprint density at radius 2 is 1.75 bits per heavy atom. The van der Waals surface area contributed by atoms with Gasteiger partial charge in [-0.05, 0) is 24.3 Å². The van der Waals surface area contributed by atoms with E-state index in [1.54, 1.807) is 11.0 Å². The van der Waals surface area contributed by atoms with E-state index < -0.39 is 0 Å². The lowest BCUT2D eigenvalue weighted by molar-refractivity contribution is 0.543. The highest BCUT2D eigenvalue weighted by atomic mass is 15.3. The van der Waals surface area contributed by atoms with E-state index in [0.717, 1.165) is 17.2 Å². The van der Waals surface area contributed by atoms with E-state index >= 15 is 0 Å². The van der Waals surface area contributed by atoms with Crippen molar-refractivity contribution in [3.8, 4) is 5.69 Å². The quantitative estimate of drug-likeness (QED) is 0.743. The minimum absolute atomic E-state index is 0.0287. The van der Waals surface area contributed by atoms with Gasteiger partial charge in [-0.2, -0.15) is 5.10 Å². The summed E-state index contributed by atoms with van der Waals surface area (Å²) in [6.07, 6.45) is 1.73. The number of nitrogens with zero attached hydrogens (tertiary/aromatic N) is 3. The molecule has 1 aromatic carbocycles. The third kappa shape index (κ3) is 2.05. The average molecular weight is 216 g/mol. The van der Waals surface area contributed by atoms with E-state index in [9.17, 15) is 0 Å². The van der Waals surface area contributed by atoms with Crippen LogP contribution < -0.4 is 5.73 Å². The standard InChI is InChI=1S/C12H16N4/c1-12(2,3)11-14-8-16(15-11)10-6-4-9(13)5-7-10/h4-8H,13H2,1-3H3. The summed E-state index contributed by atoms with van der Waals surface area (Å²) in [6.45, 7) is 6.28. The number of hydrogen-bond acceptors (Lipinski definition) is 3. The summed E-state index contributed by atoms with van der Waals surface area (Å²) in [5, 5.41) is 4.45. The Labute approximate surface area is 95.1 Å². The summed E-state index contributed by atoms with van der Waals surface area (Å²) in [7, 11) is 0. The van der Waals surface area contributed by atoms with Gasteiger partial charge in [0.25, 0.3) is 0 Å². The number of hydrogen-bond donors (Lipinski definition) is 1. The van der Waals surface area contributed by atoms with E-state index in [0.29, 0.717) is 0 Å². The molecule has 0 unspecified atom stereocenters. The molecule has 0 aliphatic heterocycles. The van der Waals surface area contributed by atoms with Gasteiger partial charge in [-0.25, -0.2) is 9.67 Å². The molecule has 0 saturated heterocycles. The van der Waals surface area contributed by atoms with Crippen molar-refractivity contribution >= 4 is 5.69 Å². The SMILES string of the molecule is CC(C)(C)c1ncn(-c2ccc(N)cc2)n1. The first kappa shape index (κ1) is 10.7. The van der Waals surface area contributed by atoms with Crippen LogP contribution in [0.3, 0.4) is 0 Å². The molecule has 0 aliphatic carbocycles. The summed E-state index contributed by atoms with van der Waals surface area (Å²) >= 11 is 0. The summed E-state index contributed by atoms with van der Waals surface area (Å²) in [5.41, 5.74) is 7.32. The fraction of sp³-hybridized carbons (Fsp3) is 0.333. The maximum absolute atomic E-state index is 5.63. The van der Waals surface area contributed by atoms with E-state index in [1.165, 1.54) is 0 Å². The highest BCUT2D eigenvalue weighted by Gasteiger charge is 2.18. The zero-order chi connectivity index (χ0) is 11.8. The predicted molar refractivity (Wildman–Crippen MR) is 64.5 cm³/mol. The minimum atomic E-state index is -0.0287. The van der Waals surface area contributed by atoms with Crippen LogP contribution in [0.4, 0.5) is 5.69 Å². The first-order valence-corrected chi connectivity index (χ1v) is 5.25. The maximum Gasteiger partial charge on any atom is 0.156 e. The van der Waals surface area contributed by atoms with Crippen LogP contribution in [-0.4, -0.2) is 14.8 Å².